The summed E-state index contributed by atoms with van der Waals surface area (Å²) in [5.74, 6) is 0.469. The first-order valence-electron chi connectivity index (χ1n) is 8.56. The minimum Gasteiger partial charge on any atom is -0.352 e. The molecule has 0 bridgehead atoms. The molecule has 0 aliphatic heterocycles. The van der Waals surface area contributed by atoms with Crippen molar-refractivity contribution in [3.05, 3.63) is 51.2 Å². The van der Waals surface area contributed by atoms with Gasteiger partial charge < -0.3 is 19.3 Å². The molecule has 0 atom stereocenters. The van der Waals surface area contributed by atoms with Gasteiger partial charge in [-0.2, -0.15) is 0 Å². The minimum atomic E-state index is -0.453. The first-order valence-corrected chi connectivity index (χ1v) is 8.94. The molecule has 0 unspecified atom stereocenters. The summed E-state index contributed by atoms with van der Waals surface area (Å²) in [7, 11) is 1.79. The number of nitrogens with zero attached hydrogens (tertiary/aromatic N) is 4. The van der Waals surface area contributed by atoms with Gasteiger partial charge in [0, 0.05) is 39.5 Å². The summed E-state index contributed by atoms with van der Waals surface area (Å²) in [4.78, 5) is 18.4. The maximum Gasteiger partial charge on any atom is 0.274 e. The number of ether oxygens (including phenoxy) is 2. The van der Waals surface area contributed by atoms with Crippen LogP contribution >= 0.6 is 11.6 Å². The molecule has 0 N–H and O–H groups in total. The lowest BCUT2D eigenvalue weighted by Gasteiger charge is -2.33. The fourth-order valence-electron chi connectivity index (χ4n) is 2.46. The molecule has 0 spiro atoms. The summed E-state index contributed by atoms with van der Waals surface area (Å²) in [6, 6.07) is 3.54. The van der Waals surface area contributed by atoms with E-state index in [4.69, 9.17) is 21.1 Å². The van der Waals surface area contributed by atoms with Gasteiger partial charge in [0.2, 0.25) is 0 Å². The van der Waals surface area contributed by atoms with E-state index in [2.05, 4.69) is 4.98 Å². The average molecular weight is 387 g/mol. The van der Waals surface area contributed by atoms with Gasteiger partial charge in [-0.1, -0.05) is 17.7 Å². The molecule has 0 amide bonds. The topological polar surface area (TPSA) is 81.0 Å². The third kappa shape index (κ3) is 7.55. The van der Waals surface area contributed by atoms with Crippen LogP contribution in [0.3, 0.4) is 0 Å². The smallest absolute Gasteiger partial charge is 0.274 e. The van der Waals surface area contributed by atoms with Crippen LogP contribution in [0, 0.1) is 10.1 Å². The Labute approximate surface area is 159 Å². The zero-order chi connectivity index (χ0) is 19.5. The summed E-state index contributed by atoms with van der Waals surface area (Å²) >= 11 is 5.81. The summed E-state index contributed by atoms with van der Waals surface area (Å²) in [5.41, 5.74) is 0.897. The lowest BCUT2D eigenvalue weighted by Crippen LogP contribution is -2.40. The second kappa shape index (κ2) is 11.7. The van der Waals surface area contributed by atoms with Gasteiger partial charge in [-0.15, -0.1) is 0 Å². The normalized spacial score (nSPS) is 11.7. The van der Waals surface area contributed by atoms with Crippen LogP contribution in [0.1, 0.15) is 26.3 Å². The molecular formula is C17H27ClN4O4. The van der Waals surface area contributed by atoms with Crippen molar-refractivity contribution in [1.29, 1.82) is 0 Å². The molecule has 8 nitrogen and oxygen atoms in total. The van der Waals surface area contributed by atoms with Gasteiger partial charge in [-0.05, 0) is 32.4 Å². The highest BCUT2D eigenvalue weighted by molar-refractivity contribution is 6.29. The molecule has 0 radical (unpaired) electrons. The average Bonchev–Trinajstić information content (AvgIpc) is 2.60. The van der Waals surface area contributed by atoms with Gasteiger partial charge >= 0.3 is 0 Å². The fraction of sp³-hybridized carbons (Fsp3) is 0.588. The highest BCUT2D eigenvalue weighted by Crippen LogP contribution is 2.16. The monoisotopic (exact) mass is 386 g/mol. The Morgan fingerprint density at radius 1 is 1.35 bits per heavy atom. The van der Waals surface area contributed by atoms with E-state index in [1.165, 1.54) is 0 Å². The lowest BCUT2D eigenvalue weighted by molar-refractivity contribution is -0.405. The predicted octanol–water partition coefficient (Wildman–Crippen LogP) is 2.96. The molecule has 1 heterocycles. The molecule has 0 aromatic carbocycles. The number of likely N-dealkylation sites (N-methyl/N-ethyl adjacent to an activating group) is 1. The molecule has 1 aromatic rings. The second-order valence-electron chi connectivity index (χ2n) is 5.50. The van der Waals surface area contributed by atoms with Gasteiger partial charge in [-0.25, -0.2) is 4.98 Å². The molecule has 0 fully saturated rings. The van der Waals surface area contributed by atoms with Gasteiger partial charge in [0.05, 0.1) is 11.5 Å². The Morgan fingerprint density at radius 3 is 2.46 bits per heavy atom. The Balaban J connectivity index is 2.97. The molecule has 0 aliphatic carbocycles. The third-order valence-corrected chi connectivity index (χ3v) is 3.82. The summed E-state index contributed by atoms with van der Waals surface area (Å²) in [6.07, 6.45) is 2.20. The highest BCUT2D eigenvalue weighted by atomic mass is 35.5. The Morgan fingerprint density at radius 2 is 2.00 bits per heavy atom. The first kappa shape index (κ1) is 22.1. The second-order valence-corrected chi connectivity index (χ2v) is 5.88. The van der Waals surface area contributed by atoms with Crippen LogP contribution in [0.25, 0.3) is 0 Å². The number of pyridine rings is 1. The Kier molecular flexibility index (Phi) is 9.93. The predicted molar refractivity (Wildman–Crippen MR) is 100 cm³/mol. The fourth-order valence-corrected chi connectivity index (χ4v) is 2.57. The summed E-state index contributed by atoms with van der Waals surface area (Å²) < 4.78 is 11.2. The first-order chi connectivity index (χ1) is 12.4. The molecular weight excluding hydrogens is 360 g/mol. The Bertz CT molecular complexity index is 577. The highest BCUT2D eigenvalue weighted by Gasteiger charge is 2.21. The zero-order valence-corrected chi connectivity index (χ0v) is 16.5. The standard InChI is InChI=1S/C17H27ClN4O4/c1-5-21(13-17(25-6-2)26-7-3)16(12-22(23)24)20(4)11-14-8-9-15(18)19-10-14/h8-10,12,17H,5-7,11,13H2,1-4H3. The van der Waals surface area contributed by atoms with Crippen LogP contribution in [-0.4, -0.2) is 59.3 Å². The van der Waals surface area contributed by atoms with Crippen LogP contribution in [0.2, 0.25) is 5.15 Å². The SMILES string of the molecule is CCOC(CN(CC)C(=C[N+](=O)[O-])N(C)Cc1ccc(Cl)nc1)OCC. The van der Waals surface area contributed by atoms with Crippen LogP contribution in [0.5, 0.6) is 0 Å². The molecule has 9 heteroatoms. The van der Waals surface area contributed by atoms with Crippen molar-refractivity contribution in [2.45, 2.75) is 33.6 Å². The maximum absolute atomic E-state index is 11.2. The van der Waals surface area contributed by atoms with E-state index in [0.717, 1.165) is 11.8 Å². The number of hydrogen-bond acceptors (Lipinski definition) is 7. The molecule has 1 aromatic heterocycles. The quantitative estimate of drug-likeness (QED) is 0.236. The van der Waals surface area contributed by atoms with Gasteiger partial charge in [0.1, 0.15) is 5.15 Å². The van der Waals surface area contributed by atoms with E-state index in [1.807, 2.05) is 31.7 Å². The minimum absolute atomic E-state index is 0.390. The van der Waals surface area contributed by atoms with Crippen LogP contribution in [0.4, 0.5) is 0 Å². The van der Waals surface area contributed by atoms with Crippen molar-refractivity contribution < 1.29 is 14.4 Å². The molecule has 1 rings (SSSR count). The van der Waals surface area contributed by atoms with Crippen molar-refractivity contribution in [3.8, 4) is 0 Å². The van der Waals surface area contributed by atoms with Crippen molar-refractivity contribution in [2.24, 2.45) is 0 Å². The number of aromatic nitrogens is 1. The number of rotatable bonds is 12. The van der Waals surface area contributed by atoms with Gasteiger partial charge in [-0.3, -0.25) is 10.1 Å². The van der Waals surface area contributed by atoms with E-state index >= 15 is 0 Å². The van der Waals surface area contributed by atoms with E-state index in [9.17, 15) is 10.1 Å². The van der Waals surface area contributed by atoms with Gasteiger partial charge in [0.25, 0.3) is 6.20 Å². The van der Waals surface area contributed by atoms with Crippen molar-refractivity contribution in [2.75, 3.05) is 33.4 Å². The number of halogens is 1. The molecule has 0 aliphatic rings. The van der Waals surface area contributed by atoms with E-state index in [-0.39, 0.29) is 0 Å². The van der Waals surface area contributed by atoms with E-state index in [1.54, 1.807) is 24.2 Å². The van der Waals surface area contributed by atoms with Crippen molar-refractivity contribution >= 4 is 11.6 Å². The summed E-state index contributed by atoms with van der Waals surface area (Å²) in [5, 5.41) is 11.6. The molecule has 0 saturated carbocycles. The van der Waals surface area contributed by atoms with Crippen molar-refractivity contribution in [1.82, 2.24) is 14.8 Å². The van der Waals surface area contributed by atoms with Crippen LogP contribution in [0.15, 0.2) is 30.4 Å². The Hall–Kier alpha value is -1.90. The lowest BCUT2D eigenvalue weighted by atomic mass is 10.2. The molecule has 26 heavy (non-hydrogen) atoms. The third-order valence-electron chi connectivity index (χ3n) is 3.60. The van der Waals surface area contributed by atoms with Crippen LogP contribution in [-0.2, 0) is 16.0 Å². The zero-order valence-electron chi connectivity index (χ0n) is 15.7. The van der Waals surface area contributed by atoms with Crippen LogP contribution < -0.4 is 0 Å². The van der Waals surface area contributed by atoms with E-state index < -0.39 is 11.2 Å². The largest absolute Gasteiger partial charge is 0.352 e. The molecule has 146 valence electrons. The van der Waals surface area contributed by atoms with Crippen molar-refractivity contribution in [3.63, 3.8) is 0 Å². The summed E-state index contributed by atoms with van der Waals surface area (Å²) in [6.45, 7) is 8.12. The van der Waals surface area contributed by atoms with E-state index in [0.29, 0.717) is 43.8 Å². The maximum atomic E-state index is 11.2. The number of nitro groups is 1. The molecule has 0 saturated heterocycles. The number of hydrogen-bond donors (Lipinski definition) is 0. The van der Waals surface area contributed by atoms with Gasteiger partial charge in [0.15, 0.2) is 12.1 Å².